The van der Waals surface area contributed by atoms with Crippen molar-refractivity contribution in [3.8, 4) is 0 Å². The van der Waals surface area contributed by atoms with Crippen molar-refractivity contribution in [3.05, 3.63) is 7.11 Å². The van der Waals surface area contributed by atoms with E-state index in [0.717, 1.165) is 5.75 Å². The van der Waals surface area contributed by atoms with Gasteiger partial charge in [0.05, 0.1) is 11.4 Å². The Morgan fingerprint density at radius 1 is 1.75 bits per heavy atom. The van der Waals surface area contributed by atoms with Gasteiger partial charge in [-0.3, -0.25) is 0 Å². The second kappa shape index (κ2) is 2.47. The van der Waals surface area contributed by atoms with Crippen LogP contribution >= 0.6 is 25.3 Å². The summed E-state index contributed by atoms with van der Waals surface area (Å²) in [4.78, 5) is 4.63. The van der Waals surface area contributed by atoms with Gasteiger partial charge in [-0.15, -0.1) is 0 Å². The zero-order valence-electron chi connectivity index (χ0n) is 4.32. The molecule has 0 bridgehead atoms. The van der Waals surface area contributed by atoms with Crippen molar-refractivity contribution in [1.82, 2.24) is 5.06 Å². The topological polar surface area (TPSA) is 12.2 Å². The molecule has 0 radical (unpaired) electrons. The fourth-order valence-electron chi connectivity index (χ4n) is 0.591. The molecule has 1 saturated heterocycles. The van der Waals surface area contributed by atoms with Crippen LogP contribution in [0.4, 0.5) is 0 Å². The van der Waals surface area contributed by atoms with Crippen LogP contribution in [0.15, 0.2) is 0 Å². The number of thiol groups is 2. The highest BCUT2D eigenvalue weighted by Crippen LogP contribution is 2.31. The van der Waals surface area contributed by atoms with Crippen molar-refractivity contribution in [2.45, 2.75) is 11.4 Å². The van der Waals surface area contributed by atoms with E-state index in [1.165, 1.54) is 0 Å². The molecular formula is C4H8NOS2-. The van der Waals surface area contributed by atoms with Crippen LogP contribution in [0.1, 0.15) is 0 Å². The number of hydrogen-bond acceptors (Lipinski definition) is 4. The Bertz CT molecular complexity index is 80.1. The molecule has 0 aromatic heterocycles. The van der Waals surface area contributed by atoms with Crippen LogP contribution < -0.4 is 0 Å². The summed E-state index contributed by atoms with van der Waals surface area (Å²) in [6.07, 6.45) is 0. The molecule has 2 nitrogen and oxygen atoms in total. The number of hydrogen-bond donors (Lipinski definition) is 2. The molecule has 3 unspecified atom stereocenters. The molecule has 48 valence electrons. The van der Waals surface area contributed by atoms with Crippen LogP contribution in [-0.2, 0) is 4.84 Å². The van der Waals surface area contributed by atoms with Crippen molar-refractivity contribution in [3.63, 3.8) is 0 Å². The Kier molecular flexibility index (Phi) is 2.08. The average Bonchev–Trinajstić information content (AvgIpc) is 2.40. The van der Waals surface area contributed by atoms with Crippen molar-refractivity contribution < 1.29 is 4.84 Å². The lowest BCUT2D eigenvalue weighted by Gasteiger charge is -2.02. The largest absolute Gasteiger partial charge is 0.474 e. The van der Waals surface area contributed by atoms with E-state index < -0.39 is 0 Å². The SMILES string of the molecule is [CH2-]ON1C(S)C1CS. The molecule has 1 aliphatic heterocycles. The zero-order chi connectivity index (χ0) is 6.15. The number of rotatable bonds is 2. The summed E-state index contributed by atoms with van der Waals surface area (Å²) >= 11 is 8.19. The van der Waals surface area contributed by atoms with E-state index in [4.69, 9.17) is 0 Å². The van der Waals surface area contributed by atoms with Crippen molar-refractivity contribution in [2.75, 3.05) is 5.75 Å². The first kappa shape index (κ1) is 6.74. The van der Waals surface area contributed by atoms with Gasteiger partial charge in [-0.25, -0.2) is 12.2 Å². The lowest BCUT2D eigenvalue weighted by atomic mass is 10.6. The van der Waals surface area contributed by atoms with E-state index in [9.17, 15) is 0 Å². The van der Waals surface area contributed by atoms with Crippen LogP contribution in [0, 0.1) is 7.11 Å². The molecule has 1 fully saturated rings. The van der Waals surface area contributed by atoms with Gasteiger partial charge in [-0.1, -0.05) is 0 Å². The Morgan fingerprint density at radius 2 is 2.38 bits per heavy atom. The smallest absolute Gasteiger partial charge is 0.0935 e. The monoisotopic (exact) mass is 150 g/mol. The average molecular weight is 150 g/mol. The maximum Gasteiger partial charge on any atom is 0.0935 e. The molecule has 0 aromatic rings. The van der Waals surface area contributed by atoms with Gasteiger partial charge in [0.25, 0.3) is 0 Å². The molecule has 1 heterocycles. The summed E-state index contributed by atoms with van der Waals surface area (Å²) in [6, 6.07) is 0.360. The Balaban J connectivity index is 2.23. The number of nitrogens with zero attached hydrogens (tertiary/aromatic N) is 1. The lowest BCUT2D eigenvalue weighted by Crippen LogP contribution is -1.98. The minimum absolute atomic E-state index is 0.213. The van der Waals surface area contributed by atoms with Crippen LogP contribution in [0.2, 0.25) is 0 Å². The minimum Gasteiger partial charge on any atom is -0.474 e. The maximum absolute atomic E-state index is 4.63. The highest BCUT2D eigenvalue weighted by Gasteiger charge is 2.42. The lowest BCUT2D eigenvalue weighted by molar-refractivity contribution is -0.00813. The quantitative estimate of drug-likeness (QED) is 0.339. The third-order valence-corrected chi connectivity index (χ3v) is 2.12. The van der Waals surface area contributed by atoms with Crippen molar-refractivity contribution >= 4 is 25.3 Å². The van der Waals surface area contributed by atoms with E-state index in [-0.39, 0.29) is 5.37 Å². The molecule has 0 N–H and O–H groups in total. The summed E-state index contributed by atoms with van der Waals surface area (Å²) in [7, 11) is 3.24. The summed E-state index contributed by atoms with van der Waals surface area (Å²) in [6.45, 7) is 0. The van der Waals surface area contributed by atoms with Gasteiger partial charge in [0.2, 0.25) is 0 Å². The molecule has 0 saturated carbocycles. The molecular weight excluding hydrogens is 142 g/mol. The molecule has 0 aliphatic carbocycles. The van der Waals surface area contributed by atoms with Gasteiger partial charge in [0, 0.05) is 5.75 Å². The molecule has 1 rings (SSSR count). The Labute approximate surface area is 60.0 Å². The van der Waals surface area contributed by atoms with Gasteiger partial charge in [0.1, 0.15) is 0 Å². The molecule has 8 heavy (non-hydrogen) atoms. The van der Waals surface area contributed by atoms with E-state index in [0.29, 0.717) is 6.04 Å². The summed E-state index contributed by atoms with van der Waals surface area (Å²) in [5.74, 6) is 0.781. The van der Waals surface area contributed by atoms with Gasteiger partial charge in [0.15, 0.2) is 0 Å². The van der Waals surface area contributed by atoms with E-state index in [2.05, 4.69) is 37.2 Å². The van der Waals surface area contributed by atoms with Crippen LogP contribution in [0.3, 0.4) is 0 Å². The predicted octanol–water partition coefficient (Wildman–Crippen LogP) is 0.579. The standard InChI is InChI=1S/C4H8NOS2/c1-6-5-3(2-7)4(5)8/h3-4,7-8H,1-2H2/q-1. The summed E-state index contributed by atoms with van der Waals surface area (Å²) in [5, 5.41) is 1.90. The molecule has 0 aromatic carbocycles. The van der Waals surface area contributed by atoms with E-state index in [1.54, 1.807) is 5.06 Å². The Morgan fingerprint density at radius 3 is 2.50 bits per heavy atom. The van der Waals surface area contributed by atoms with Crippen LogP contribution in [0.5, 0.6) is 0 Å². The van der Waals surface area contributed by atoms with Crippen LogP contribution in [0.25, 0.3) is 0 Å². The molecule has 0 amide bonds. The molecule has 4 heteroatoms. The highest BCUT2D eigenvalue weighted by molar-refractivity contribution is 7.82. The van der Waals surface area contributed by atoms with Gasteiger partial charge < -0.3 is 4.84 Å². The molecule has 1 aliphatic rings. The van der Waals surface area contributed by atoms with E-state index >= 15 is 0 Å². The molecule has 3 atom stereocenters. The van der Waals surface area contributed by atoms with Gasteiger partial charge >= 0.3 is 0 Å². The minimum atomic E-state index is 0.213. The highest BCUT2D eigenvalue weighted by atomic mass is 32.1. The van der Waals surface area contributed by atoms with E-state index in [1.807, 2.05) is 0 Å². The third-order valence-electron chi connectivity index (χ3n) is 1.18. The van der Waals surface area contributed by atoms with Crippen molar-refractivity contribution in [1.29, 1.82) is 0 Å². The predicted molar refractivity (Wildman–Crippen MR) is 38.7 cm³/mol. The second-order valence-corrected chi connectivity index (χ2v) is 2.55. The first-order valence-electron chi connectivity index (χ1n) is 2.30. The fourth-order valence-corrected chi connectivity index (χ4v) is 1.52. The summed E-state index contributed by atoms with van der Waals surface area (Å²) < 4.78 is 0. The molecule has 0 spiro atoms. The second-order valence-electron chi connectivity index (χ2n) is 1.65. The third kappa shape index (κ3) is 0.978. The van der Waals surface area contributed by atoms with Crippen LogP contribution in [-0.4, -0.2) is 22.2 Å². The van der Waals surface area contributed by atoms with Crippen molar-refractivity contribution in [2.24, 2.45) is 0 Å². The Hall–Kier alpha value is 0.620. The van der Waals surface area contributed by atoms with Gasteiger partial charge in [-0.05, 0) is 0 Å². The van der Waals surface area contributed by atoms with Gasteiger partial charge in [-0.2, -0.15) is 25.3 Å². The fraction of sp³-hybridized carbons (Fsp3) is 0.750. The first-order chi connectivity index (χ1) is 3.81. The zero-order valence-corrected chi connectivity index (χ0v) is 6.11. The normalized spacial score (nSPS) is 44.6. The maximum atomic E-state index is 4.63. The summed E-state index contributed by atoms with van der Waals surface area (Å²) in [5.41, 5.74) is 0. The number of hydroxylamine groups is 2. The first-order valence-corrected chi connectivity index (χ1v) is 3.45.